The summed E-state index contributed by atoms with van der Waals surface area (Å²) in [5, 5.41) is 21.2. The average molecular weight is 371 g/mol. The van der Waals surface area contributed by atoms with Crippen LogP contribution < -0.4 is 5.73 Å². The molecule has 1 aromatic carbocycles. The number of rotatable bonds is 4. The Kier molecular flexibility index (Phi) is 5.55. The van der Waals surface area contributed by atoms with Gasteiger partial charge in [-0.2, -0.15) is 5.26 Å². The predicted octanol–water partition coefficient (Wildman–Crippen LogP) is 3.16. The fourth-order valence-electron chi connectivity index (χ4n) is 3.56. The molecule has 8 heteroatoms. The molecule has 0 radical (unpaired) electrons. The van der Waals surface area contributed by atoms with E-state index >= 15 is 0 Å². The van der Waals surface area contributed by atoms with E-state index in [-0.39, 0.29) is 35.1 Å². The molecule has 0 amide bonds. The summed E-state index contributed by atoms with van der Waals surface area (Å²) in [6.45, 7) is 8.37. The Morgan fingerprint density at radius 2 is 2.00 bits per heavy atom. The van der Waals surface area contributed by atoms with E-state index in [9.17, 15) is 20.2 Å². The van der Waals surface area contributed by atoms with Gasteiger partial charge in [0, 0.05) is 11.1 Å². The number of carbonyl (C=O) groups excluding carboxylic acids is 1. The third-order valence-corrected chi connectivity index (χ3v) is 4.56. The minimum atomic E-state index is -0.901. The van der Waals surface area contributed by atoms with Crippen molar-refractivity contribution in [3.63, 3.8) is 0 Å². The number of nitro benzene ring substituents is 1. The van der Waals surface area contributed by atoms with Crippen LogP contribution in [0.2, 0.25) is 0 Å². The highest BCUT2D eigenvalue weighted by Gasteiger charge is 2.39. The van der Waals surface area contributed by atoms with E-state index in [4.69, 9.17) is 15.2 Å². The second-order valence-corrected chi connectivity index (χ2v) is 6.27. The highest BCUT2D eigenvalue weighted by Crippen LogP contribution is 2.44. The summed E-state index contributed by atoms with van der Waals surface area (Å²) in [4.78, 5) is 23.7. The zero-order valence-corrected chi connectivity index (χ0v) is 15.9. The van der Waals surface area contributed by atoms with Crippen molar-refractivity contribution in [3.05, 3.63) is 61.2 Å². The SMILES string of the molecule is CCOC(=O)C1=C(C)OC(N)=C(C#N)C1c1c(C)cc(C)c([N+](=O)[O-])c1C. The Morgan fingerprint density at radius 1 is 1.37 bits per heavy atom. The number of nitriles is 1. The van der Waals surface area contributed by atoms with Gasteiger partial charge in [-0.05, 0) is 51.8 Å². The molecule has 0 fully saturated rings. The molecule has 2 N–H and O–H groups in total. The first-order chi connectivity index (χ1) is 12.6. The molecular weight excluding hydrogens is 350 g/mol. The van der Waals surface area contributed by atoms with Crippen molar-refractivity contribution in [2.45, 2.75) is 40.5 Å². The summed E-state index contributed by atoms with van der Waals surface area (Å²) in [5.41, 5.74) is 8.03. The lowest BCUT2D eigenvalue weighted by atomic mass is 9.78. The number of hydrogen-bond acceptors (Lipinski definition) is 7. The molecule has 0 spiro atoms. The van der Waals surface area contributed by atoms with Crippen molar-refractivity contribution in [3.8, 4) is 6.07 Å². The molecule has 0 aromatic heterocycles. The first kappa shape index (κ1) is 20.0. The van der Waals surface area contributed by atoms with Crippen LogP contribution >= 0.6 is 0 Å². The van der Waals surface area contributed by atoms with Crippen molar-refractivity contribution in [2.24, 2.45) is 5.73 Å². The lowest BCUT2D eigenvalue weighted by molar-refractivity contribution is -0.386. The molecule has 1 heterocycles. The quantitative estimate of drug-likeness (QED) is 0.489. The van der Waals surface area contributed by atoms with Crippen LogP contribution in [0.25, 0.3) is 0 Å². The normalized spacial score (nSPS) is 16.7. The minimum Gasteiger partial charge on any atom is -0.463 e. The highest BCUT2D eigenvalue weighted by molar-refractivity contribution is 5.93. The fraction of sp³-hybridized carbons (Fsp3) is 0.368. The molecular formula is C19H21N3O5. The number of esters is 1. The largest absolute Gasteiger partial charge is 0.463 e. The van der Waals surface area contributed by atoms with Crippen LogP contribution in [0.4, 0.5) is 5.69 Å². The molecule has 8 nitrogen and oxygen atoms in total. The Hall–Kier alpha value is -3.34. The second-order valence-electron chi connectivity index (χ2n) is 6.27. The van der Waals surface area contributed by atoms with Crippen molar-refractivity contribution < 1.29 is 19.2 Å². The van der Waals surface area contributed by atoms with E-state index < -0.39 is 16.8 Å². The topological polar surface area (TPSA) is 128 Å². The maximum absolute atomic E-state index is 12.6. The van der Waals surface area contributed by atoms with Gasteiger partial charge >= 0.3 is 5.97 Å². The number of nitrogens with zero attached hydrogens (tertiary/aromatic N) is 2. The van der Waals surface area contributed by atoms with Gasteiger partial charge in [0.2, 0.25) is 5.88 Å². The lowest BCUT2D eigenvalue weighted by Gasteiger charge is -2.29. The van der Waals surface area contributed by atoms with Crippen LogP contribution in [0.5, 0.6) is 0 Å². The van der Waals surface area contributed by atoms with Crippen LogP contribution in [-0.4, -0.2) is 17.5 Å². The van der Waals surface area contributed by atoms with Gasteiger partial charge in [-0.1, -0.05) is 0 Å². The number of nitro groups is 1. The minimum absolute atomic E-state index is 0.0213. The number of ether oxygens (including phenoxy) is 2. The van der Waals surface area contributed by atoms with E-state index in [1.807, 2.05) is 6.07 Å². The standard InChI is InChI=1S/C19H21N3O5/c1-6-26-19(23)15-12(5)27-18(21)13(8-20)16(15)14-9(2)7-10(3)17(11(14)4)22(24)25/h7,16H,6,21H2,1-5H3. The number of allylic oxidation sites excluding steroid dienone is 2. The summed E-state index contributed by atoms with van der Waals surface area (Å²) in [6, 6.07) is 3.65. The number of benzene rings is 1. The number of carbonyl (C=O) groups is 1. The maximum Gasteiger partial charge on any atom is 0.338 e. The van der Waals surface area contributed by atoms with Gasteiger partial charge in [0.25, 0.3) is 5.69 Å². The van der Waals surface area contributed by atoms with Crippen molar-refractivity contribution in [2.75, 3.05) is 6.61 Å². The fourth-order valence-corrected chi connectivity index (χ4v) is 3.56. The van der Waals surface area contributed by atoms with Crippen LogP contribution in [0.15, 0.2) is 28.9 Å². The van der Waals surface area contributed by atoms with Crippen molar-refractivity contribution >= 4 is 11.7 Å². The molecule has 1 atom stereocenters. The Balaban J connectivity index is 2.88. The second kappa shape index (κ2) is 7.50. The zero-order valence-electron chi connectivity index (χ0n) is 15.9. The van der Waals surface area contributed by atoms with E-state index in [1.165, 1.54) is 0 Å². The number of aryl methyl sites for hydroxylation is 2. The number of nitrogens with two attached hydrogens (primary N) is 1. The molecule has 142 valence electrons. The van der Waals surface area contributed by atoms with Gasteiger partial charge < -0.3 is 15.2 Å². The average Bonchev–Trinajstić information content (AvgIpc) is 2.53. The van der Waals surface area contributed by atoms with Crippen LogP contribution in [0, 0.1) is 42.2 Å². The molecule has 0 saturated carbocycles. The summed E-state index contributed by atoms with van der Waals surface area (Å²) in [6.07, 6.45) is 0. The molecule has 2 rings (SSSR count). The summed E-state index contributed by atoms with van der Waals surface area (Å²) in [7, 11) is 0. The summed E-state index contributed by atoms with van der Waals surface area (Å²) in [5.74, 6) is -1.48. The van der Waals surface area contributed by atoms with Gasteiger partial charge in [-0.25, -0.2) is 4.79 Å². The lowest BCUT2D eigenvalue weighted by Crippen LogP contribution is -2.26. The van der Waals surface area contributed by atoms with Crippen molar-refractivity contribution in [1.82, 2.24) is 0 Å². The maximum atomic E-state index is 12.6. The Morgan fingerprint density at radius 3 is 2.52 bits per heavy atom. The molecule has 0 aliphatic carbocycles. The first-order valence-corrected chi connectivity index (χ1v) is 8.36. The Labute approximate surface area is 157 Å². The van der Waals surface area contributed by atoms with Gasteiger partial charge in [0.1, 0.15) is 17.4 Å². The molecule has 1 aliphatic heterocycles. The van der Waals surface area contributed by atoms with Gasteiger partial charge in [-0.3, -0.25) is 10.1 Å². The molecule has 1 unspecified atom stereocenters. The molecule has 0 saturated heterocycles. The summed E-state index contributed by atoms with van der Waals surface area (Å²) < 4.78 is 10.5. The smallest absolute Gasteiger partial charge is 0.338 e. The predicted molar refractivity (Wildman–Crippen MR) is 97.3 cm³/mol. The molecule has 27 heavy (non-hydrogen) atoms. The van der Waals surface area contributed by atoms with Crippen LogP contribution in [0.1, 0.15) is 42.0 Å². The van der Waals surface area contributed by atoms with Crippen LogP contribution in [-0.2, 0) is 14.3 Å². The summed E-state index contributed by atoms with van der Waals surface area (Å²) >= 11 is 0. The van der Waals surface area contributed by atoms with E-state index in [1.54, 1.807) is 40.7 Å². The van der Waals surface area contributed by atoms with Crippen molar-refractivity contribution in [1.29, 1.82) is 5.26 Å². The van der Waals surface area contributed by atoms with E-state index in [0.717, 1.165) is 0 Å². The monoisotopic (exact) mass is 371 g/mol. The van der Waals surface area contributed by atoms with Gasteiger partial charge in [0.05, 0.1) is 23.0 Å². The third kappa shape index (κ3) is 3.36. The molecule has 1 aliphatic rings. The molecule has 0 bridgehead atoms. The van der Waals surface area contributed by atoms with Crippen LogP contribution in [0.3, 0.4) is 0 Å². The van der Waals surface area contributed by atoms with E-state index in [0.29, 0.717) is 22.3 Å². The highest BCUT2D eigenvalue weighted by atomic mass is 16.6. The van der Waals surface area contributed by atoms with Gasteiger partial charge in [-0.15, -0.1) is 0 Å². The molecule has 1 aromatic rings. The first-order valence-electron chi connectivity index (χ1n) is 8.36. The number of hydrogen-bond donors (Lipinski definition) is 1. The Bertz CT molecular complexity index is 938. The van der Waals surface area contributed by atoms with E-state index in [2.05, 4.69) is 0 Å². The third-order valence-electron chi connectivity index (χ3n) is 4.56. The van der Waals surface area contributed by atoms with Gasteiger partial charge in [0.15, 0.2) is 0 Å². The zero-order chi connectivity index (χ0) is 20.5.